The molecule has 0 aliphatic carbocycles. The Kier molecular flexibility index (Phi) is 5.62. The molecule has 2 fully saturated rings. The Morgan fingerprint density at radius 2 is 1.32 bits per heavy atom. The number of rotatable bonds is 3. The minimum atomic E-state index is -3.27. The van der Waals surface area contributed by atoms with Crippen LogP contribution in [-0.2, 0) is 10.2 Å². The second kappa shape index (κ2) is 7.02. The molecule has 0 amide bonds. The predicted octanol–water partition coefficient (Wildman–Crippen LogP) is 1.20. The van der Waals surface area contributed by atoms with Gasteiger partial charge in [0.05, 0.1) is 0 Å². The average Bonchev–Trinajstić information content (AvgIpc) is 2.38. The molecule has 6 heteroatoms. The van der Waals surface area contributed by atoms with E-state index in [1.807, 2.05) is 0 Å². The molecule has 0 saturated carbocycles. The second-order valence-electron chi connectivity index (χ2n) is 5.70. The summed E-state index contributed by atoms with van der Waals surface area (Å²) in [5, 5.41) is 9.12. The van der Waals surface area contributed by atoms with Crippen molar-refractivity contribution in [2.75, 3.05) is 32.8 Å². The average molecular weight is 290 g/mol. The molecule has 112 valence electrons. The van der Waals surface area contributed by atoms with Gasteiger partial charge in [-0.3, -0.25) is 0 Å². The van der Waals surface area contributed by atoms with Crippen LogP contribution < -0.4 is 0 Å². The van der Waals surface area contributed by atoms with E-state index < -0.39 is 10.2 Å². The van der Waals surface area contributed by atoms with Gasteiger partial charge < -0.3 is 5.11 Å². The highest BCUT2D eigenvalue weighted by atomic mass is 32.2. The Labute approximate surface area is 116 Å². The van der Waals surface area contributed by atoms with Gasteiger partial charge in [0.2, 0.25) is 0 Å². The molecule has 2 aliphatic rings. The van der Waals surface area contributed by atoms with Gasteiger partial charge >= 0.3 is 0 Å². The SMILES string of the molecule is O=S(=O)(N1CCCCCCC1)N1CCC(CO)CC1. The molecule has 5 nitrogen and oxygen atoms in total. The summed E-state index contributed by atoms with van der Waals surface area (Å²) in [5.74, 6) is 0.277. The molecular formula is C13H26N2O3S. The zero-order valence-electron chi connectivity index (χ0n) is 11.6. The topological polar surface area (TPSA) is 60.9 Å². The van der Waals surface area contributed by atoms with Crippen LogP contribution in [0, 0.1) is 5.92 Å². The van der Waals surface area contributed by atoms with Crippen LogP contribution in [0.15, 0.2) is 0 Å². The van der Waals surface area contributed by atoms with Gasteiger partial charge in [0.1, 0.15) is 0 Å². The van der Waals surface area contributed by atoms with Gasteiger partial charge in [0.15, 0.2) is 0 Å². The Morgan fingerprint density at radius 1 is 0.842 bits per heavy atom. The first kappa shape index (κ1) is 15.2. The molecule has 2 aliphatic heterocycles. The van der Waals surface area contributed by atoms with Gasteiger partial charge in [0, 0.05) is 32.8 Å². The lowest BCUT2D eigenvalue weighted by Crippen LogP contribution is -2.48. The molecule has 0 atom stereocenters. The largest absolute Gasteiger partial charge is 0.396 e. The third-order valence-corrected chi connectivity index (χ3v) is 6.33. The molecule has 2 rings (SSSR count). The van der Waals surface area contributed by atoms with E-state index in [0.29, 0.717) is 26.2 Å². The van der Waals surface area contributed by atoms with Gasteiger partial charge in [-0.1, -0.05) is 19.3 Å². The zero-order chi connectivity index (χ0) is 13.7. The third kappa shape index (κ3) is 3.90. The molecule has 0 aromatic carbocycles. The van der Waals surface area contributed by atoms with Gasteiger partial charge in [-0.05, 0) is 31.6 Å². The first-order chi connectivity index (χ1) is 9.14. The number of aliphatic hydroxyl groups is 1. The lowest BCUT2D eigenvalue weighted by molar-refractivity contribution is 0.165. The summed E-state index contributed by atoms with van der Waals surface area (Å²) in [5.41, 5.74) is 0. The minimum Gasteiger partial charge on any atom is -0.396 e. The summed E-state index contributed by atoms with van der Waals surface area (Å²) in [6, 6.07) is 0. The van der Waals surface area contributed by atoms with E-state index in [1.54, 1.807) is 8.61 Å². The van der Waals surface area contributed by atoms with E-state index in [1.165, 1.54) is 6.42 Å². The number of hydrogen-bond acceptors (Lipinski definition) is 3. The van der Waals surface area contributed by atoms with Crippen LogP contribution in [0.1, 0.15) is 44.9 Å². The van der Waals surface area contributed by atoms with Crippen LogP contribution in [0.25, 0.3) is 0 Å². The number of nitrogens with zero attached hydrogens (tertiary/aromatic N) is 2. The summed E-state index contributed by atoms with van der Waals surface area (Å²) < 4.78 is 28.5. The van der Waals surface area contributed by atoms with Crippen molar-refractivity contribution >= 4 is 10.2 Å². The number of piperidine rings is 1. The molecule has 2 saturated heterocycles. The highest BCUT2D eigenvalue weighted by Gasteiger charge is 2.32. The molecule has 1 N–H and O–H groups in total. The molecule has 0 radical (unpaired) electrons. The second-order valence-corrected chi connectivity index (χ2v) is 7.63. The fourth-order valence-electron chi connectivity index (χ4n) is 2.94. The summed E-state index contributed by atoms with van der Waals surface area (Å²) in [6.45, 7) is 2.64. The smallest absolute Gasteiger partial charge is 0.281 e. The van der Waals surface area contributed by atoms with Crippen molar-refractivity contribution in [2.24, 2.45) is 5.92 Å². The lowest BCUT2D eigenvalue weighted by Gasteiger charge is -2.35. The van der Waals surface area contributed by atoms with Crippen molar-refractivity contribution in [3.8, 4) is 0 Å². The summed E-state index contributed by atoms with van der Waals surface area (Å²) >= 11 is 0. The van der Waals surface area contributed by atoms with Crippen molar-refractivity contribution in [1.29, 1.82) is 0 Å². The van der Waals surface area contributed by atoms with E-state index in [9.17, 15) is 8.42 Å². The van der Waals surface area contributed by atoms with Crippen molar-refractivity contribution in [2.45, 2.75) is 44.9 Å². The van der Waals surface area contributed by atoms with E-state index in [-0.39, 0.29) is 12.5 Å². The quantitative estimate of drug-likeness (QED) is 0.849. The van der Waals surface area contributed by atoms with Crippen LogP contribution in [0.5, 0.6) is 0 Å². The maximum atomic E-state index is 12.6. The highest BCUT2D eigenvalue weighted by molar-refractivity contribution is 7.86. The van der Waals surface area contributed by atoms with Crippen LogP contribution in [0.3, 0.4) is 0 Å². The molecule has 0 spiro atoms. The van der Waals surface area contributed by atoms with Crippen LogP contribution in [-0.4, -0.2) is 54.9 Å². The lowest BCUT2D eigenvalue weighted by atomic mass is 10.00. The fraction of sp³-hybridized carbons (Fsp3) is 1.00. The monoisotopic (exact) mass is 290 g/mol. The molecule has 2 heterocycles. The summed E-state index contributed by atoms with van der Waals surface area (Å²) in [6.07, 6.45) is 7.03. The van der Waals surface area contributed by atoms with Gasteiger partial charge in [0.25, 0.3) is 10.2 Å². The normalized spacial score (nSPS) is 25.9. The maximum absolute atomic E-state index is 12.6. The van der Waals surface area contributed by atoms with Gasteiger partial charge in [-0.2, -0.15) is 17.0 Å². The van der Waals surface area contributed by atoms with Gasteiger partial charge in [-0.25, -0.2) is 0 Å². The molecule has 0 aromatic rings. The van der Waals surface area contributed by atoms with Crippen molar-refractivity contribution in [1.82, 2.24) is 8.61 Å². The van der Waals surface area contributed by atoms with Crippen LogP contribution >= 0.6 is 0 Å². The van der Waals surface area contributed by atoms with E-state index in [0.717, 1.165) is 38.5 Å². The fourth-order valence-corrected chi connectivity index (χ4v) is 4.65. The third-order valence-electron chi connectivity index (χ3n) is 4.30. The first-order valence-electron chi connectivity index (χ1n) is 7.50. The summed E-state index contributed by atoms with van der Waals surface area (Å²) in [4.78, 5) is 0. The number of aliphatic hydroxyl groups excluding tert-OH is 1. The number of hydrogen-bond donors (Lipinski definition) is 1. The Balaban J connectivity index is 1.96. The van der Waals surface area contributed by atoms with Crippen molar-refractivity contribution < 1.29 is 13.5 Å². The molecule has 0 bridgehead atoms. The zero-order valence-corrected chi connectivity index (χ0v) is 12.4. The van der Waals surface area contributed by atoms with Crippen LogP contribution in [0.2, 0.25) is 0 Å². The minimum absolute atomic E-state index is 0.178. The molecule has 0 aromatic heterocycles. The summed E-state index contributed by atoms with van der Waals surface area (Å²) in [7, 11) is -3.27. The van der Waals surface area contributed by atoms with E-state index in [4.69, 9.17) is 5.11 Å². The highest BCUT2D eigenvalue weighted by Crippen LogP contribution is 2.22. The van der Waals surface area contributed by atoms with E-state index in [2.05, 4.69) is 0 Å². The van der Waals surface area contributed by atoms with Crippen molar-refractivity contribution in [3.63, 3.8) is 0 Å². The van der Waals surface area contributed by atoms with Crippen molar-refractivity contribution in [3.05, 3.63) is 0 Å². The first-order valence-corrected chi connectivity index (χ1v) is 8.90. The Morgan fingerprint density at radius 3 is 1.84 bits per heavy atom. The molecule has 0 unspecified atom stereocenters. The molecule has 19 heavy (non-hydrogen) atoms. The Hall–Kier alpha value is -0.170. The predicted molar refractivity (Wildman–Crippen MR) is 75.0 cm³/mol. The van der Waals surface area contributed by atoms with Crippen LogP contribution in [0.4, 0.5) is 0 Å². The Bertz CT molecular complexity index is 356. The van der Waals surface area contributed by atoms with Gasteiger partial charge in [-0.15, -0.1) is 0 Å². The standard InChI is InChI=1S/C13H26N2O3S/c16-12-13-6-10-15(11-7-13)19(17,18)14-8-4-2-1-3-5-9-14/h13,16H,1-12H2. The maximum Gasteiger partial charge on any atom is 0.281 e. The molecular weight excluding hydrogens is 264 g/mol. The van der Waals surface area contributed by atoms with E-state index >= 15 is 0 Å².